The van der Waals surface area contributed by atoms with Crippen molar-refractivity contribution < 1.29 is 4.79 Å². The van der Waals surface area contributed by atoms with Crippen molar-refractivity contribution in [2.24, 2.45) is 5.92 Å². The van der Waals surface area contributed by atoms with Gasteiger partial charge in [-0.2, -0.15) is 0 Å². The van der Waals surface area contributed by atoms with Gasteiger partial charge in [-0.1, -0.05) is 0 Å². The number of rotatable bonds is 5. The fraction of sp³-hybridized carbons (Fsp3) is 0.786. The Balaban J connectivity index is 1.69. The molecule has 2 unspecified atom stereocenters. The van der Waals surface area contributed by atoms with Crippen LogP contribution in [0.1, 0.15) is 51.4 Å². The van der Waals surface area contributed by atoms with Crippen molar-refractivity contribution >= 4 is 5.78 Å². The first-order chi connectivity index (χ1) is 7.78. The van der Waals surface area contributed by atoms with E-state index in [9.17, 15) is 4.79 Å². The summed E-state index contributed by atoms with van der Waals surface area (Å²) in [6.45, 7) is 0. The molecule has 2 saturated heterocycles. The van der Waals surface area contributed by atoms with Crippen LogP contribution in [0.25, 0.3) is 0 Å². The zero-order valence-corrected chi connectivity index (χ0v) is 9.87. The van der Waals surface area contributed by atoms with Gasteiger partial charge in [0.25, 0.3) is 0 Å². The van der Waals surface area contributed by atoms with Gasteiger partial charge < -0.3 is 5.32 Å². The molecule has 2 atom stereocenters. The molecule has 2 heteroatoms. The van der Waals surface area contributed by atoms with Gasteiger partial charge in [-0.3, -0.25) is 4.79 Å². The summed E-state index contributed by atoms with van der Waals surface area (Å²) in [6.07, 6.45) is 13.3. The van der Waals surface area contributed by atoms with Crippen molar-refractivity contribution in [3.63, 3.8) is 0 Å². The van der Waals surface area contributed by atoms with Crippen LogP contribution in [0.2, 0.25) is 0 Å². The molecule has 0 aromatic rings. The molecule has 88 valence electrons. The van der Waals surface area contributed by atoms with Gasteiger partial charge in [-0.05, 0) is 38.0 Å². The lowest BCUT2D eigenvalue weighted by molar-refractivity contribution is -0.120. The molecule has 0 aromatic carbocycles. The van der Waals surface area contributed by atoms with Gasteiger partial charge in [0, 0.05) is 31.3 Å². The lowest BCUT2D eigenvalue weighted by Gasteiger charge is -2.28. The summed E-state index contributed by atoms with van der Waals surface area (Å²) < 4.78 is 0. The minimum atomic E-state index is 0.418. The van der Waals surface area contributed by atoms with E-state index in [0.717, 1.165) is 19.3 Å². The number of carbonyl (C=O) groups excluding carboxylic acids is 1. The highest BCUT2D eigenvalue weighted by Gasteiger charge is 2.33. The number of ketones is 1. The van der Waals surface area contributed by atoms with E-state index in [1.165, 1.54) is 25.7 Å². The van der Waals surface area contributed by atoms with E-state index < -0.39 is 0 Å². The van der Waals surface area contributed by atoms with Gasteiger partial charge in [-0.15, -0.1) is 12.3 Å². The molecule has 2 aliphatic rings. The summed E-state index contributed by atoms with van der Waals surface area (Å²) in [6, 6.07) is 1.39. The van der Waals surface area contributed by atoms with Gasteiger partial charge in [0.1, 0.15) is 5.78 Å². The smallest absolute Gasteiger partial charge is 0.133 e. The second-order valence-corrected chi connectivity index (χ2v) is 5.28. The molecule has 0 radical (unpaired) electrons. The predicted octanol–water partition coefficient (Wildman–Crippen LogP) is 2.28. The van der Waals surface area contributed by atoms with Crippen molar-refractivity contribution in [2.45, 2.75) is 63.5 Å². The third kappa shape index (κ3) is 3.09. The predicted molar refractivity (Wildman–Crippen MR) is 65.0 cm³/mol. The van der Waals surface area contributed by atoms with Crippen LogP contribution in [0.4, 0.5) is 0 Å². The number of nitrogens with one attached hydrogen (secondary N) is 1. The Bertz CT molecular complexity index is 280. The molecule has 0 aliphatic carbocycles. The summed E-state index contributed by atoms with van der Waals surface area (Å²) in [5, 5.41) is 3.61. The Morgan fingerprint density at radius 2 is 2.00 bits per heavy atom. The molecule has 2 heterocycles. The van der Waals surface area contributed by atoms with Gasteiger partial charge in [0.2, 0.25) is 0 Å². The summed E-state index contributed by atoms with van der Waals surface area (Å²) in [7, 11) is 0. The fourth-order valence-electron chi connectivity index (χ4n) is 3.15. The van der Waals surface area contributed by atoms with Crippen molar-refractivity contribution in [1.29, 1.82) is 0 Å². The van der Waals surface area contributed by atoms with Crippen molar-refractivity contribution in [2.75, 3.05) is 0 Å². The quantitative estimate of drug-likeness (QED) is 0.568. The number of fused-ring (bicyclic) bond motifs is 2. The Hall–Kier alpha value is -0.810. The minimum absolute atomic E-state index is 0.418. The van der Waals surface area contributed by atoms with Crippen LogP contribution in [-0.4, -0.2) is 17.9 Å². The lowest BCUT2D eigenvalue weighted by Crippen LogP contribution is -2.38. The van der Waals surface area contributed by atoms with Crippen LogP contribution in [0, 0.1) is 18.3 Å². The zero-order chi connectivity index (χ0) is 11.4. The van der Waals surface area contributed by atoms with Crippen LogP contribution < -0.4 is 5.32 Å². The second kappa shape index (κ2) is 5.50. The van der Waals surface area contributed by atoms with Crippen LogP contribution in [0.5, 0.6) is 0 Å². The van der Waals surface area contributed by atoms with Gasteiger partial charge in [0.15, 0.2) is 0 Å². The summed E-state index contributed by atoms with van der Waals surface area (Å²) >= 11 is 0. The summed E-state index contributed by atoms with van der Waals surface area (Å²) in [5.41, 5.74) is 0. The molecule has 16 heavy (non-hydrogen) atoms. The van der Waals surface area contributed by atoms with E-state index in [2.05, 4.69) is 11.2 Å². The van der Waals surface area contributed by atoms with Crippen molar-refractivity contribution in [1.82, 2.24) is 5.32 Å². The highest BCUT2D eigenvalue weighted by molar-refractivity contribution is 5.78. The number of terminal acetylenes is 1. The second-order valence-electron chi connectivity index (χ2n) is 5.28. The number of hydrogen-bond donors (Lipinski definition) is 1. The topological polar surface area (TPSA) is 29.1 Å². The number of unbranched alkanes of at least 4 members (excludes halogenated alkanes) is 1. The third-order valence-corrected chi connectivity index (χ3v) is 3.86. The molecule has 0 spiro atoms. The molecule has 2 nitrogen and oxygen atoms in total. The maximum Gasteiger partial charge on any atom is 0.133 e. The van der Waals surface area contributed by atoms with E-state index in [1.54, 1.807) is 0 Å². The van der Waals surface area contributed by atoms with Gasteiger partial charge in [0.05, 0.1) is 0 Å². The van der Waals surface area contributed by atoms with Crippen LogP contribution in [0.3, 0.4) is 0 Å². The van der Waals surface area contributed by atoms with Crippen LogP contribution >= 0.6 is 0 Å². The molecule has 0 amide bonds. The van der Waals surface area contributed by atoms with E-state index in [1.807, 2.05) is 0 Å². The molecular weight excluding hydrogens is 198 g/mol. The third-order valence-electron chi connectivity index (χ3n) is 3.86. The first kappa shape index (κ1) is 11.7. The van der Waals surface area contributed by atoms with E-state index in [0.29, 0.717) is 30.2 Å². The average Bonchev–Trinajstić information content (AvgIpc) is 2.58. The molecule has 0 aromatic heterocycles. The lowest BCUT2D eigenvalue weighted by atomic mass is 9.87. The number of Topliss-reactive ketones (excluding diaryl/α,β-unsaturated/α-hetero) is 1. The van der Waals surface area contributed by atoms with Crippen molar-refractivity contribution in [3.8, 4) is 12.3 Å². The number of piperidine rings is 1. The Kier molecular flexibility index (Phi) is 4.01. The van der Waals surface area contributed by atoms with Crippen LogP contribution in [-0.2, 0) is 4.79 Å². The largest absolute Gasteiger partial charge is 0.311 e. The summed E-state index contributed by atoms with van der Waals surface area (Å²) in [4.78, 5) is 11.7. The molecule has 1 N–H and O–H groups in total. The number of carbonyl (C=O) groups is 1. The standard InChI is InChI=1S/C14H21NO/c1-2-3-4-5-14(16)10-11-8-12-6-7-13(9-11)15-12/h1,11-13,15H,3-10H2. The minimum Gasteiger partial charge on any atom is -0.311 e. The SMILES string of the molecule is C#CCCCC(=O)CC1CC2CCC(C1)N2. The Morgan fingerprint density at radius 1 is 1.31 bits per heavy atom. The van der Waals surface area contributed by atoms with Crippen molar-refractivity contribution in [3.05, 3.63) is 0 Å². The highest BCUT2D eigenvalue weighted by atomic mass is 16.1. The molecule has 2 aliphatic heterocycles. The average molecular weight is 219 g/mol. The molecule has 2 bridgehead atoms. The zero-order valence-electron chi connectivity index (χ0n) is 9.87. The number of hydrogen-bond acceptors (Lipinski definition) is 2. The molecule has 0 saturated carbocycles. The molecule has 2 fully saturated rings. The van der Waals surface area contributed by atoms with E-state index >= 15 is 0 Å². The summed E-state index contributed by atoms with van der Waals surface area (Å²) in [5.74, 6) is 3.64. The highest BCUT2D eigenvalue weighted by Crippen LogP contribution is 2.32. The van der Waals surface area contributed by atoms with E-state index in [-0.39, 0.29) is 0 Å². The maximum atomic E-state index is 11.7. The Morgan fingerprint density at radius 3 is 2.62 bits per heavy atom. The first-order valence-electron chi connectivity index (χ1n) is 6.49. The normalized spacial score (nSPS) is 32.3. The van der Waals surface area contributed by atoms with Gasteiger partial charge >= 0.3 is 0 Å². The Labute approximate surface area is 98.2 Å². The molecule has 2 rings (SSSR count). The first-order valence-corrected chi connectivity index (χ1v) is 6.49. The fourth-order valence-corrected chi connectivity index (χ4v) is 3.15. The van der Waals surface area contributed by atoms with E-state index in [4.69, 9.17) is 6.42 Å². The monoisotopic (exact) mass is 219 g/mol. The van der Waals surface area contributed by atoms with Crippen LogP contribution in [0.15, 0.2) is 0 Å². The molecular formula is C14H21NO. The van der Waals surface area contributed by atoms with Gasteiger partial charge in [-0.25, -0.2) is 0 Å². The maximum absolute atomic E-state index is 11.7.